The van der Waals surface area contributed by atoms with E-state index in [1.54, 1.807) is 6.20 Å². The highest BCUT2D eigenvalue weighted by molar-refractivity contribution is 9.10. The van der Waals surface area contributed by atoms with Crippen molar-refractivity contribution in [3.05, 3.63) is 17.0 Å². The Hall–Kier alpha value is -0.680. The lowest BCUT2D eigenvalue weighted by atomic mass is 9.93. The van der Waals surface area contributed by atoms with Crippen LogP contribution in [0.15, 0.2) is 17.0 Å². The quantitative estimate of drug-likeness (QED) is 0.872. The number of hydrogen-bond donors (Lipinski definition) is 1. The Kier molecular flexibility index (Phi) is 4.34. The molecule has 1 aromatic heterocycles. The molecule has 4 nitrogen and oxygen atoms in total. The Balaban J connectivity index is 1.94. The summed E-state index contributed by atoms with van der Waals surface area (Å²) in [5.41, 5.74) is 6.18. The standard InChI is InChI=1S/C12H18BrN3O/c13-10-7-15-9-16-11(10)17-8-12(14)5-3-1-2-4-6-12/h7,9H,1-6,8,14H2. The molecule has 0 bridgehead atoms. The van der Waals surface area contributed by atoms with Crippen LogP contribution in [0.25, 0.3) is 0 Å². The minimum atomic E-state index is -0.194. The fourth-order valence-corrected chi connectivity index (χ4v) is 2.53. The zero-order chi connectivity index (χ0) is 12.1. The number of hydrogen-bond acceptors (Lipinski definition) is 4. The van der Waals surface area contributed by atoms with Gasteiger partial charge in [-0.1, -0.05) is 25.7 Å². The molecule has 5 heteroatoms. The van der Waals surface area contributed by atoms with Gasteiger partial charge in [-0.3, -0.25) is 0 Å². The van der Waals surface area contributed by atoms with E-state index < -0.39 is 0 Å². The molecule has 17 heavy (non-hydrogen) atoms. The molecule has 1 aliphatic rings. The van der Waals surface area contributed by atoms with Gasteiger partial charge in [0.25, 0.3) is 0 Å². The third-order valence-corrected chi connectivity index (χ3v) is 3.77. The van der Waals surface area contributed by atoms with Crippen LogP contribution in [-0.2, 0) is 0 Å². The average Bonchev–Trinajstić information content (AvgIpc) is 2.54. The van der Waals surface area contributed by atoms with Crippen LogP contribution in [0.2, 0.25) is 0 Å². The van der Waals surface area contributed by atoms with Crippen molar-refractivity contribution in [1.29, 1.82) is 0 Å². The minimum absolute atomic E-state index is 0.194. The molecule has 0 aromatic carbocycles. The number of rotatable bonds is 3. The summed E-state index contributed by atoms with van der Waals surface area (Å²) in [6, 6.07) is 0. The molecule has 2 N–H and O–H groups in total. The van der Waals surface area contributed by atoms with E-state index in [1.807, 2.05) is 0 Å². The molecule has 0 spiro atoms. The maximum atomic E-state index is 6.37. The van der Waals surface area contributed by atoms with Crippen molar-refractivity contribution in [2.75, 3.05) is 6.61 Å². The number of nitrogens with two attached hydrogens (primary N) is 1. The molecule has 2 rings (SSSR count). The first-order valence-corrected chi connectivity index (χ1v) is 6.86. The first-order valence-electron chi connectivity index (χ1n) is 6.07. The van der Waals surface area contributed by atoms with E-state index in [0.29, 0.717) is 12.5 Å². The molecule has 0 saturated heterocycles. The van der Waals surface area contributed by atoms with Gasteiger partial charge in [-0.25, -0.2) is 9.97 Å². The molecule has 1 saturated carbocycles. The van der Waals surface area contributed by atoms with Crippen molar-refractivity contribution in [2.24, 2.45) is 5.73 Å². The maximum Gasteiger partial charge on any atom is 0.231 e. The lowest BCUT2D eigenvalue weighted by Gasteiger charge is -2.27. The van der Waals surface area contributed by atoms with Crippen LogP contribution in [-0.4, -0.2) is 22.1 Å². The number of ether oxygens (including phenoxy) is 1. The highest BCUT2D eigenvalue weighted by atomic mass is 79.9. The van der Waals surface area contributed by atoms with Gasteiger partial charge < -0.3 is 10.5 Å². The lowest BCUT2D eigenvalue weighted by Crippen LogP contribution is -2.45. The van der Waals surface area contributed by atoms with Crippen LogP contribution < -0.4 is 10.5 Å². The summed E-state index contributed by atoms with van der Waals surface area (Å²) in [5, 5.41) is 0. The smallest absolute Gasteiger partial charge is 0.231 e. The number of nitrogens with zero attached hydrogens (tertiary/aromatic N) is 2. The minimum Gasteiger partial charge on any atom is -0.475 e. The van der Waals surface area contributed by atoms with Crippen LogP contribution in [0, 0.1) is 0 Å². The van der Waals surface area contributed by atoms with Gasteiger partial charge in [0.05, 0.1) is 10.0 Å². The van der Waals surface area contributed by atoms with E-state index in [4.69, 9.17) is 10.5 Å². The van der Waals surface area contributed by atoms with Gasteiger partial charge in [-0.2, -0.15) is 0 Å². The highest BCUT2D eigenvalue weighted by Crippen LogP contribution is 2.27. The first kappa shape index (κ1) is 12.8. The van der Waals surface area contributed by atoms with E-state index in [9.17, 15) is 0 Å². The summed E-state index contributed by atoms with van der Waals surface area (Å²) < 4.78 is 6.49. The molecule has 0 radical (unpaired) electrons. The molecule has 1 fully saturated rings. The number of aromatic nitrogens is 2. The zero-order valence-electron chi connectivity index (χ0n) is 9.86. The van der Waals surface area contributed by atoms with E-state index >= 15 is 0 Å². The fraction of sp³-hybridized carbons (Fsp3) is 0.667. The Morgan fingerprint density at radius 3 is 2.65 bits per heavy atom. The zero-order valence-corrected chi connectivity index (χ0v) is 11.4. The monoisotopic (exact) mass is 299 g/mol. The van der Waals surface area contributed by atoms with Crippen molar-refractivity contribution < 1.29 is 4.74 Å². The summed E-state index contributed by atoms with van der Waals surface area (Å²) in [4.78, 5) is 7.98. The van der Waals surface area contributed by atoms with E-state index in [-0.39, 0.29) is 5.54 Å². The van der Waals surface area contributed by atoms with Crippen molar-refractivity contribution in [3.8, 4) is 5.88 Å². The van der Waals surface area contributed by atoms with Crippen molar-refractivity contribution >= 4 is 15.9 Å². The Morgan fingerprint density at radius 2 is 2.00 bits per heavy atom. The fourth-order valence-electron chi connectivity index (χ4n) is 2.20. The van der Waals surface area contributed by atoms with Gasteiger partial charge in [0.2, 0.25) is 5.88 Å². The molecular weight excluding hydrogens is 282 g/mol. The van der Waals surface area contributed by atoms with Crippen LogP contribution in [0.5, 0.6) is 5.88 Å². The van der Waals surface area contributed by atoms with Crippen molar-refractivity contribution in [3.63, 3.8) is 0 Å². The van der Waals surface area contributed by atoms with E-state index in [2.05, 4.69) is 25.9 Å². The maximum absolute atomic E-state index is 6.37. The predicted octanol–water partition coefficient (Wildman–Crippen LogP) is 2.67. The molecule has 1 aliphatic carbocycles. The van der Waals surface area contributed by atoms with Gasteiger partial charge in [0.15, 0.2) is 0 Å². The predicted molar refractivity (Wildman–Crippen MR) is 69.8 cm³/mol. The molecule has 0 unspecified atom stereocenters. The molecule has 1 aromatic rings. The Bertz CT molecular complexity index is 365. The molecule has 94 valence electrons. The lowest BCUT2D eigenvalue weighted by molar-refractivity contribution is 0.192. The summed E-state index contributed by atoms with van der Waals surface area (Å²) in [5.74, 6) is 0.578. The second-order valence-electron chi connectivity index (χ2n) is 4.74. The van der Waals surface area contributed by atoms with E-state index in [1.165, 1.54) is 32.0 Å². The van der Waals surface area contributed by atoms with Crippen LogP contribution in [0.1, 0.15) is 38.5 Å². The second-order valence-corrected chi connectivity index (χ2v) is 5.60. The van der Waals surface area contributed by atoms with E-state index in [0.717, 1.165) is 17.3 Å². The van der Waals surface area contributed by atoms with Crippen LogP contribution >= 0.6 is 15.9 Å². The highest BCUT2D eigenvalue weighted by Gasteiger charge is 2.27. The molecular formula is C12H18BrN3O. The first-order chi connectivity index (χ1) is 8.20. The van der Waals surface area contributed by atoms with Gasteiger partial charge in [0, 0.05) is 6.20 Å². The third kappa shape index (κ3) is 3.64. The summed E-state index contributed by atoms with van der Waals surface area (Å²) in [6.07, 6.45) is 10.2. The molecule has 0 aliphatic heterocycles. The van der Waals surface area contributed by atoms with Gasteiger partial charge in [-0.05, 0) is 28.8 Å². The SMILES string of the molecule is NC1(COc2ncncc2Br)CCCCCC1. The normalized spacial score (nSPS) is 19.6. The third-order valence-electron chi connectivity index (χ3n) is 3.23. The largest absolute Gasteiger partial charge is 0.475 e. The van der Waals surface area contributed by atoms with Crippen LogP contribution in [0.4, 0.5) is 0 Å². The summed E-state index contributed by atoms with van der Waals surface area (Å²) in [7, 11) is 0. The Labute approximate surface area is 110 Å². The topological polar surface area (TPSA) is 61.0 Å². The molecule has 1 heterocycles. The Morgan fingerprint density at radius 1 is 1.29 bits per heavy atom. The summed E-state index contributed by atoms with van der Waals surface area (Å²) >= 11 is 3.36. The van der Waals surface area contributed by atoms with Gasteiger partial charge >= 0.3 is 0 Å². The van der Waals surface area contributed by atoms with Crippen molar-refractivity contribution in [2.45, 2.75) is 44.1 Å². The summed E-state index contributed by atoms with van der Waals surface area (Å²) in [6.45, 7) is 0.530. The van der Waals surface area contributed by atoms with Crippen LogP contribution in [0.3, 0.4) is 0 Å². The average molecular weight is 300 g/mol. The molecule has 0 amide bonds. The second kappa shape index (κ2) is 5.78. The van der Waals surface area contributed by atoms with Crippen molar-refractivity contribution in [1.82, 2.24) is 9.97 Å². The van der Waals surface area contributed by atoms with Gasteiger partial charge in [0.1, 0.15) is 12.9 Å². The number of halogens is 1. The molecule has 0 atom stereocenters. The van der Waals surface area contributed by atoms with Gasteiger partial charge in [-0.15, -0.1) is 0 Å².